The van der Waals surface area contributed by atoms with Gasteiger partial charge in [0.05, 0.1) is 12.0 Å². The molecular weight excluding hydrogens is 463 g/mol. The van der Waals surface area contributed by atoms with Crippen LogP contribution in [-0.2, 0) is 10.2 Å². The minimum Gasteiger partial charge on any atom is -0.497 e. The lowest BCUT2D eigenvalue weighted by atomic mass is 10.1. The van der Waals surface area contributed by atoms with Gasteiger partial charge in [0.2, 0.25) is 0 Å². The van der Waals surface area contributed by atoms with Crippen molar-refractivity contribution in [1.82, 2.24) is 4.90 Å². The molecule has 5 rings (SSSR count). The van der Waals surface area contributed by atoms with Crippen molar-refractivity contribution >= 4 is 54.0 Å². The van der Waals surface area contributed by atoms with E-state index in [0.29, 0.717) is 47.2 Å². The zero-order valence-corrected chi connectivity index (χ0v) is 19.5. The van der Waals surface area contributed by atoms with E-state index < -0.39 is 10.2 Å². The van der Waals surface area contributed by atoms with Crippen LogP contribution in [0.25, 0.3) is 20.9 Å². The van der Waals surface area contributed by atoms with Gasteiger partial charge >= 0.3 is 10.2 Å². The van der Waals surface area contributed by atoms with Crippen LogP contribution in [-0.4, -0.2) is 52.5 Å². The minimum atomic E-state index is -4.89. The fraction of sp³-hybridized carbons (Fsp3) is 0.208. The fourth-order valence-corrected chi connectivity index (χ4v) is 6.12. The van der Waals surface area contributed by atoms with Crippen molar-refractivity contribution < 1.29 is 21.8 Å². The van der Waals surface area contributed by atoms with Crippen molar-refractivity contribution in [3.63, 3.8) is 0 Å². The monoisotopic (exact) mass is 484 g/mol. The fourth-order valence-electron chi connectivity index (χ4n) is 4.26. The number of carbonyl (C=O) groups is 1. The number of nitrogens with zero attached hydrogens (tertiary/aromatic N) is 2. The topological polar surface area (TPSA) is 66.9 Å². The van der Waals surface area contributed by atoms with Crippen LogP contribution in [0.15, 0.2) is 65.6 Å². The molecule has 9 heteroatoms. The normalized spacial score (nSPS) is 14.7. The Morgan fingerprint density at radius 1 is 0.970 bits per heavy atom. The summed E-state index contributed by atoms with van der Waals surface area (Å²) < 4.78 is 43.4. The van der Waals surface area contributed by atoms with Gasteiger partial charge in [-0.3, -0.25) is 4.79 Å². The first-order valence-corrected chi connectivity index (χ1v) is 12.6. The van der Waals surface area contributed by atoms with Crippen molar-refractivity contribution in [2.24, 2.45) is 0 Å². The van der Waals surface area contributed by atoms with E-state index in [9.17, 15) is 17.1 Å². The van der Waals surface area contributed by atoms with E-state index in [1.165, 1.54) is 17.4 Å². The number of amides is 1. The van der Waals surface area contributed by atoms with Crippen LogP contribution in [0.1, 0.15) is 9.67 Å². The molecule has 4 aromatic rings. The van der Waals surface area contributed by atoms with Gasteiger partial charge in [0.25, 0.3) is 5.91 Å². The van der Waals surface area contributed by atoms with Gasteiger partial charge in [-0.1, -0.05) is 24.3 Å². The predicted molar refractivity (Wildman–Crippen MR) is 129 cm³/mol. The molecule has 33 heavy (non-hydrogen) atoms. The van der Waals surface area contributed by atoms with Gasteiger partial charge in [-0.05, 0) is 41.8 Å². The highest BCUT2D eigenvalue weighted by Crippen LogP contribution is 2.37. The highest BCUT2D eigenvalue weighted by molar-refractivity contribution is 7.86. The number of ether oxygens (including phenoxy) is 1. The summed E-state index contributed by atoms with van der Waals surface area (Å²) in [7, 11) is -3.26. The average Bonchev–Trinajstić information content (AvgIpc) is 3.27. The Labute approximate surface area is 195 Å². The predicted octanol–water partition coefficient (Wildman–Crippen LogP) is 4.68. The lowest BCUT2D eigenvalue weighted by Crippen LogP contribution is -2.48. The number of rotatable bonds is 4. The summed E-state index contributed by atoms with van der Waals surface area (Å²) in [5.41, 5.74) is 1.08. The molecule has 170 valence electrons. The summed E-state index contributed by atoms with van der Waals surface area (Å²) in [5.74, 6) is 0.702. The first kappa shape index (κ1) is 21.7. The smallest absolute Gasteiger partial charge is 0.332 e. The summed E-state index contributed by atoms with van der Waals surface area (Å²) in [5, 5.41) is 1.50. The third-order valence-electron chi connectivity index (χ3n) is 5.96. The van der Waals surface area contributed by atoms with Gasteiger partial charge in [0.15, 0.2) is 0 Å². The Bertz CT molecular complexity index is 1460. The van der Waals surface area contributed by atoms with Crippen molar-refractivity contribution in [2.75, 3.05) is 38.2 Å². The molecule has 3 aromatic carbocycles. The molecule has 0 N–H and O–H groups in total. The maximum absolute atomic E-state index is 13.9. The lowest BCUT2D eigenvalue weighted by molar-refractivity contribution is 0.0751. The molecule has 0 saturated carbocycles. The van der Waals surface area contributed by atoms with Crippen LogP contribution < -0.4 is 9.64 Å². The second-order valence-electron chi connectivity index (χ2n) is 7.86. The first-order chi connectivity index (χ1) is 15.8. The molecule has 0 aliphatic carbocycles. The van der Waals surface area contributed by atoms with Gasteiger partial charge in [-0.2, -0.15) is 8.42 Å². The second kappa shape index (κ2) is 8.31. The number of thiophene rings is 1. The summed E-state index contributed by atoms with van der Waals surface area (Å²) in [6.07, 6.45) is 0. The Hall–Kier alpha value is -3.17. The summed E-state index contributed by atoms with van der Waals surface area (Å²) in [6, 6.07) is 17.6. The largest absolute Gasteiger partial charge is 0.497 e. The Balaban J connectivity index is 1.41. The molecule has 1 fully saturated rings. The Morgan fingerprint density at radius 3 is 2.27 bits per heavy atom. The number of halogens is 1. The highest BCUT2D eigenvalue weighted by Gasteiger charge is 2.25. The quantitative estimate of drug-likeness (QED) is 0.394. The third kappa shape index (κ3) is 4.02. The van der Waals surface area contributed by atoms with Crippen molar-refractivity contribution in [3.8, 4) is 5.75 Å². The highest BCUT2D eigenvalue weighted by atomic mass is 32.3. The van der Waals surface area contributed by atoms with Crippen LogP contribution in [0.5, 0.6) is 5.75 Å². The third-order valence-corrected chi connectivity index (χ3v) is 8.00. The van der Waals surface area contributed by atoms with E-state index in [1.807, 2.05) is 24.3 Å². The Kier molecular flexibility index (Phi) is 5.46. The molecule has 1 saturated heterocycles. The minimum absolute atomic E-state index is 0.0979. The molecule has 0 unspecified atom stereocenters. The van der Waals surface area contributed by atoms with Crippen molar-refractivity contribution in [1.29, 1.82) is 0 Å². The summed E-state index contributed by atoms with van der Waals surface area (Å²) in [6.45, 7) is 2.56. The molecule has 1 aromatic heterocycles. The van der Waals surface area contributed by atoms with Gasteiger partial charge in [0, 0.05) is 47.3 Å². The number of methoxy groups -OCH3 is 1. The summed E-state index contributed by atoms with van der Waals surface area (Å²) >= 11 is 1.31. The van der Waals surface area contributed by atoms with E-state index in [2.05, 4.69) is 4.90 Å². The van der Waals surface area contributed by atoms with E-state index >= 15 is 0 Å². The lowest BCUT2D eigenvalue weighted by Gasteiger charge is -2.36. The zero-order valence-electron chi connectivity index (χ0n) is 17.8. The van der Waals surface area contributed by atoms with Crippen molar-refractivity contribution in [3.05, 3.63) is 65.5 Å². The molecule has 6 nitrogen and oxygen atoms in total. The molecule has 0 spiro atoms. The van der Waals surface area contributed by atoms with E-state index in [1.54, 1.807) is 42.3 Å². The number of benzene rings is 3. The van der Waals surface area contributed by atoms with E-state index in [4.69, 9.17) is 4.74 Å². The molecule has 1 aliphatic heterocycles. The molecule has 1 amide bonds. The van der Waals surface area contributed by atoms with Gasteiger partial charge in [-0.25, -0.2) is 0 Å². The standard InChI is InChI=1S/C24H21FN2O4S2/c1-31-18-8-6-17(7-9-18)26-10-12-27(13-11-26)24(28)21-14-16-15-22(33(25,29)30)19-4-2-3-5-20(19)23(16)32-21/h2-9,14-15H,10-13H2,1H3. The van der Waals surface area contributed by atoms with E-state index in [-0.39, 0.29) is 10.8 Å². The number of carbonyl (C=O) groups excluding carboxylic acids is 1. The summed E-state index contributed by atoms with van der Waals surface area (Å²) in [4.78, 5) is 17.4. The van der Waals surface area contributed by atoms with Crippen molar-refractivity contribution in [2.45, 2.75) is 4.90 Å². The Morgan fingerprint density at radius 2 is 1.64 bits per heavy atom. The van der Waals surface area contributed by atoms with Gasteiger partial charge in [0.1, 0.15) is 10.6 Å². The maximum atomic E-state index is 13.9. The van der Waals surface area contributed by atoms with Gasteiger partial charge < -0.3 is 14.5 Å². The molecule has 0 radical (unpaired) electrons. The zero-order chi connectivity index (χ0) is 23.2. The number of hydrogen-bond acceptors (Lipinski definition) is 6. The first-order valence-electron chi connectivity index (χ1n) is 10.4. The SMILES string of the molecule is COc1ccc(N2CCN(C(=O)c3cc4cc(S(=O)(=O)F)c5ccccc5c4s3)CC2)cc1. The number of fused-ring (bicyclic) bond motifs is 3. The van der Waals surface area contributed by atoms with Crippen LogP contribution in [0.2, 0.25) is 0 Å². The number of piperazine rings is 1. The van der Waals surface area contributed by atoms with E-state index in [0.717, 1.165) is 16.1 Å². The average molecular weight is 485 g/mol. The molecule has 1 aliphatic rings. The van der Waals surface area contributed by atoms with Gasteiger partial charge in [-0.15, -0.1) is 15.2 Å². The number of anilines is 1. The second-order valence-corrected chi connectivity index (χ2v) is 10.2. The maximum Gasteiger partial charge on any atom is 0.332 e. The molecule has 0 bridgehead atoms. The molecule has 2 heterocycles. The van der Waals surface area contributed by atoms with Crippen LogP contribution in [0, 0.1) is 0 Å². The van der Waals surface area contributed by atoms with Crippen LogP contribution in [0.3, 0.4) is 0 Å². The molecule has 0 atom stereocenters. The van der Waals surface area contributed by atoms with Crippen LogP contribution >= 0.6 is 11.3 Å². The van der Waals surface area contributed by atoms with Crippen LogP contribution in [0.4, 0.5) is 9.57 Å². The molecular formula is C24H21FN2O4S2. The number of hydrogen-bond donors (Lipinski definition) is 0.